The third-order valence-corrected chi connectivity index (χ3v) is 15.7. The average Bonchev–Trinajstić information content (AvgIpc) is 3.43. The zero-order valence-electron chi connectivity index (χ0n) is 19.4. The van der Waals surface area contributed by atoms with Crippen molar-refractivity contribution >= 4 is 36.3 Å². The molecule has 0 radical (unpaired) electrons. The third-order valence-electron chi connectivity index (χ3n) is 7.56. The minimum absolute atomic E-state index is 0.445. The van der Waals surface area contributed by atoms with Crippen molar-refractivity contribution in [3.05, 3.63) is 162 Å². The van der Waals surface area contributed by atoms with Gasteiger partial charge in [0.05, 0.1) is 0 Å². The molecule has 0 saturated heterocycles. The molecule has 0 fully saturated rings. The second-order valence-electron chi connectivity index (χ2n) is 9.35. The zero-order chi connectivity index (χ0) is 23.2. The molecule has 2 aliphatic rings. The van der Waals surface area contributed by atoms with Crippen molar-refractivity contribution in [3.63, 3.8) is 0 Å². The monoisotopic (exact) mass is 484 g/mol. The molecule has 2 aliphatic heterocycles. The van der Waals surface area contributed by atoms with Crippen molar-refractivity contribution in [1.29, 1.82) is 0 Å². The Kier molecular flexibility index (Phi) is 5.13. The van der Waals surface area contributed by atoms with E-state index in [1.165, 1.54) is 15.9 Å². The van der Waals surface area contributed by atoms with Crippen LogP contribution in [0.5, 0.6) is 0 Å². The maximum Gasteiger partial charge on any atom is 0.0341 e. The van der Waals surface area contributed by atoms with Crippen molar-refractivity contribution in [1.82, 2.24) is 0 Å². The maximum atomic E-state index is 2.87. The lowest BCUT2D eigenvalue weighted by Crippen LogP contribution is -2.26. The highest BCUT2D eigenvalue weighted by molar-refractivity contribution is 8.04. The van der Waals surface area contributed by atoms with Crippen molar-refractivity contribution < 1.29 is 0 Å². The van der Waals surface area contributed by atoms with E-state index in [1.54, 1.807) is 22.3 Å². The first-order chi connectivity index (χ1) is 17.4. The first-order valence-corrected chi connectivity index (χ1v) is 15.7. The van der Waals surface area contributed by atoms with Gasteiger partial charge in [0.15, 0.2) is 0 Å². The number of fused-ring (bicyclic) bond motifs is 8. The quantitative estimate of drug-likeness (QED) is 0.233. The number of benzene rings is 5. The van der Waals surface area contributed by atoms with Crippen LogP contribution in [0, 0.1) is 0 Å². The van der Waals surface area contributed by atoms with Gasteiger partial charge in [0.2, 0.25) is 0 Å². The summed E-state index contributed by atoms with van der Waals surface area (Å²) in [5, 5.41) is 4.33. The summed E-state index contributed by atoms with van der Waals surface area (Å²) in [4.78, 5) is 0. The number of hydrogen-bond donors (Lipinski definition) is 0. The molecule has 35 heavy (non-hydrogen) atoms. The molecule has 0 aliphatic carbocycles. The van der Waals surface area contributed by atoms with Gasteiger partial charge in [0, 0.05) is 11.3 Å². The predicted octanol–water partition coefficient (Wildman–Crippen LogP) is 7.43. The number of hydrogen-bond acceptors (Lipinski definition) is 0. The fourth-order valence-corrected chi connectivity index (χ4v) is 15.7. The minimum atomic E-state index is -1.99. The molecular formula is C33H26P2. The van der Waals surface area contributed by atoms with E-state index in [1.807, 2.05) is 0 Å². The van der Waals surface area contributed by atoms with E-state index in [4.69, 9.17) is 0 Å². The fraction of sp³-hybridized carbons (Fsp3) is 0.0606. The van der Waals surface area contributed by atoms with Crippen molar-refractivity contribution in [2.45, 2.75) is 11.3 Å². The summed E-state index contributed by atoms with van der Waals surface area (Å²) in [6.07, 6.45) is 0. The molecule has 2 heterocycles. The first kappa shape index (κ1) is 21.1. The highest BCUT2D eigenvalue weighted by atomic mass is 31.2. The summed E-state index contributed by atoms with van der Waals surface area (Å²) in [5.74, 6) is 0. The van der Waals surface area contributed by atoms with Crippen LogP contribution in [0.1, 0.15) is 33.6 Å². The Labute approximate surface area is 209 Å². The van der Waals surface area contributed by atoms with E-state index in [2.05, 4.69) is 145 Å². The van der Waals surface area contributed by atoms with Gasteiger partial charge >= 0.3 is 0 Å². The lowest BCUT2D eigenvalue weighted by atomic mass is 9.86. The van der Waals surface area contributed by atoms with Gasteiger partial charge < -0.3 is 0 Å². The second kappa shape index (κ2) is 8.49. The Morgan fingerprint density at radius 1 is 0.400 bits per heavy atom. The summed E-state index contributed by atoms with van der Waals surface area (Å²) in [6.45, 7) is -1.99. The summed E-state index contributed by atoms with van der Waals surface area (Å²) in [6, 6.07) is 52.3. The first-order valence-electron chi connectivity index (χ1n) is 12.2. The zero-order valence-corrected chi connectivity index (χ0v) is 21.2. The van der Waals surface area contributed by atoms with Crippen LogP contribution in [-0.4, -0.2) is 5.54 Å². The van der Waals surface area contributed by atoms with E-state index in [-0.39, 0.29) is 0 Å². The Balaban J connectivity index is 1.57. The highest BCUT2D eigenvalue weighted by Gasteiger charge is 2.49. The molecule has 168 valence electrons. The van der Waals surface area contributed by atoms with Gasteiger partial charge in [0.1, 0.15) is 0 Å². The Hall–Kier alpha value is -3.17. The predicted molar refractivity (Wildman–Crippen MR) is 155 cm³/mol. The van der Waals surface area contributed by atoms with E-state index >= 15 is 0 Å². The lowest BCUT2D eigenvalue weighted by Gasteiger charge is -2.31. The highest BCUT2D eigenvalue weighted by Crippen LogP contribution is 2.78. The van der Waals surface area contributed by atoms with Gasteiger partial charge in [0.25, 0.3) is 0 Å². The molecule has 0 nitrogen and oxygen atoms in total. The smallest absolute Gasteiger partial charge is 0.0341 e. The van der Waals surface area contributed by atoms with Gasteiger partial charge in [-0.05, 0) is 50.6 Å². The van der Waals surface area contributed by atoms with Gasteiger partial charge in [-0.2, -0.15) is 0 Å². The van der Waals surface area contributed by atoms with E-state index in [0.717, 1.165) is 0 Å². The molecule has 0 N–H and O–H groups in total. The van der Waals surface area contributed by atoms with Crippen LogP contribution < -0.4 is 15.9 Å². The molecule has 0 atom stereocenters. The lowest BCUT2D eigenvalue weighted by molar-refractivity contribution is 1.04. The molecule has 0 spiro atoms. The fourth-order valence-electron chi connectivity index (χ4n) is 6.11. The molecule has 2 heteroatoms. The third kappa shape index (κ3) is 3.18. The molecule has 0 saturated carbocycles. The molecule has 0 amide bonds. The topological polar surface area (TPSA) is 0 Å². The maximum absolute atomic E-state index is 2.87. The van der Waals surface area contributed by atoms with Crippen LogP contribution in [0.2, 0.25) is 0 Å². The molecule has 5 aromatic rings. The number of rotatable bonds is 4. The Morgan fingerprint density at radius 3 is 1.00 bits per heavy atom. The van der Waals surface area contributed by atoms with E-state index in [9.17, 15) is 0 Å². The standard InChI is InChI=1S/C33H26P2/c1-4-14-25(15-5-1)35(26-16-6-2-7-17-26,27-18-8-3-9-19-27)24-34-32-28-20-10-11-21-29(28)33(34)31-23-13-12-22-30(31)32/h1-24,32-33H. The second-order valence-corrected chi connectivity index (χ2v) is 15.2. The minimum Gasteiger partial charge on any atom is -0.0622 e. The van der Waals surface area contributed by atoms with Crippen LogP contribution in [0.15, 0.2) is 140 Å². The molecular weight excluding hydrogens is 458 g/mol. The van der Waals surface area contributed by atoms with Crippen LogP contribution >= 0.6 is 14.8 Å². The molecule has 2 bridgehead atoms. The van der Waals surface area contributed by atoms with Crippen LogP contribution in [0.25, 0.3) is 0 Å². The summed E-state index contributed by atoms with van der Waals surface area (Å²) in [5.41, 5.74) is 10.0. The molecule has 7 rings (SSSR count). The molecule has 0 unspecified atom stereocenters. The van der Waals surface area contributed by atoms with Crippen LogP contribution in [0.4, 0.5) is 0 Å². The SMILES string of the molecule is C(P1C2c3ccccc3C1c1ccccc12)=P(c1ccccc1)(c1ccccc1)c1ccccc1. The van der Waals surface area contributed by atoms with Crippen molar-refractivity contribution in [3.8, 4) is 0 Å². The summed E-state index contributed by atoms with van der Waals surface area (Å²) < 4.78 is 0. The largest absolute Gasteiger partial charge is 0.0622 e. The van der Waals surface area contributed by atoms with E-state index in [0.29, 0.717) is 11.3 Å². The molecule has 0 aromatic heterocycles. The van der Waals surface area contributed by atoms with Crippen LogP contribution in [0.3, 0.4) is 0 Å². The van der Waals surface area contributed by atoms with Gasteiger partial charge in [-0.15, -0.1) is 0 Å². The normalized spacial score (nSPS) is 19.7. The Bertz CT molecular complexity index is 1350. The Morgan fingerprint density at radius 2 is 0.686 bits per heavy atom. The van der Waals surface area contributed by atoms with Gasteiger partial charge in [-0.3, -0.25) is 0 Å². The van der Waals surface area contributed by atoms with Gasteiger partial charge in [-0.25, -0.2) is 0 Å². The average molecular weight is 485 g/mol. The van der Waals surface area contributed by atoms with E-state index < -0.39 is 14.8 Å². The molecule has 5 aromatic carbocycles. The van der Waals surface area contributed by atoms with Crippen molar-refractivity contribution in [2.24, 2.45) is 0 Å². The summed E-state index contributed by atoms with van der Waals surface area (Å²) >= 11 is 0. The van der Waals surface area contributed by atoms with Gasteiger partial charge in [-0.1, -0.05) is 147 Å². The summed E-state index contributed by atoms with van der Waals surface area (Å²) in [7, 11) is -0.445. The van der Waals surface area contributed by atoms with Crippen molar-refractivity contribution in [2.75, 3.05) is 0 Å². The van der Waals surface area contributed by atoms with Crippen LogP contribution in [-0.2, 0) is 0 Å².